The van der Waals surface area contributed by atoms with Crippen molar-refractivity contribution in [2.45, 2.75) is 6.92 Å². The zero-order chi connectivity index (χ0) is 18.8. The zero-order valence-corrected chi connectivity index (χ0v) is 16.8. The molecule has 0 aliphatic rings. The van der Waals surface area contributed by atoms with E-state index in [-0.39, 0.29) is 0 Å². The van der Waals surface area contributed by atoms with Crippen LogP contribution in [0.2, 0.25) is 0 Å². The van der Waals surface area contributed by atoms with E-state index in [1.165, 1.54) is 11.3 Å². The topological polar surface area (TPSA) is 64.4 Å². The van der Waals surface area contributed by atoms with Gasteiger partial charge in [-0.25, -0.2) is 9.78 Å². The molecule has 2 aromatic heterocycles. The number of ether oxygens (including phenoxy) is 1. The Morgan fingerprint density at radius 1 is 1.22 bits per heavy atom. The van der Waals surface area contributed by atoms with Gasteiger partial charge in [0.15, 0.2) is 5.13 Å². The van der Waals surface area contributed by atoms with E-state index in [4.69, 9.17) is 9.15 Å². The molecule has 2 aromatic carbocycles. The lowest BCUT2D eigenvalue weighted by Crippen LogP contribution is -2.03. The van der Waals surface area contributed by atoms with Crippen molar-refractivity contribution >= 4 is 49.1 Å². The number of fused-ring (bicyclic) bond motifs is 1. The fraction of sp³-hybridized carbons (Fsp3) is 0.100. The number of anilines is 2. The van der Waals surface area contributed by atoms with Crippen molar-refractivity contribution in [3.8, 4) is 17.0 Å². The highest BCUT2D eigenvalue weighted by molar-refractivity contribution is 9.10. The quantitative estimate of drug-likeness (QED) is 0.394. The van der Waals surface area contributed by atoms with Crippen molar-refractivity contribution < 1.29 is 9.15 Å². The smallest absolute Gasteiger partial charge is 0.345 e. The maximum atomic E-state index is 12.4. The largest absolute Gasteiger partial charge is 0.492 e. The van der Waals surface area contributed by atoms with Crippen LogP contribution in [0.5, 0.6) is 5.75 Å². The van der Waals surface area contributed by atoms with Crippen LogP contribution in [0.3, 0.4) is 0 Å². The van der Waals surface area contributed by atoms with Gasteiger partial charge in [-0.2, -0.15) is 0 Å². The molecule has 0 atom stereocenters. The van der Waals surface area contributed by atoms with Gasteiger partial charge in [-0.3, -0.25) is 0 Å². The fourth-order valence-electron chi connectivity index (χ4n) is 2.69. The molecule has 0 bridgehead atoms. The second-order valence-electron chi connectivity index (χ2n) is 5.72. The molecule has 7 heteroatoms. The van der Waals surface area contributed by atoms with E-state index in [1.807, 2.05) is 48.7 Å². The first-order valence-electron chi connectivity index (χ1n) is 8.32. The van der Waals surface area contributed by atoms with Crippen molar-refractivity contribution in [3.63, 3.8) is 0 Å². The zero-order valence-electron chi connectivity index (χ0n) is 14.4. The summed E-state index contributed by atoms with van der Waals surface area (Å²) >= 11 is 4.85. The van der Waals surface area contributed by atoms with E-state index in [0.717, 1.165) is 21.3 Å². The molecular weight excluding hydrogens is 428 g/mol. The Kier molecular flexibility index (Phi) is 4.96. The molecule has 0 spiro atoms. The number of hydrogen-bond donors (Lipinski definition) is 1. The lowest BCUT2D eigenvalue weighted by molar-refractivity contribution is 0.342. The summed E-state index contributed by atoms with van der Waals surface area (Å²) in [6, 6.07) is 15.0. The number of nitrogens with one attached hydrogen (secondary N) is 1. The second-order valence-corrected chi connectivity index (χ2v) is 7.50. The minimum Gasteiger partial charge on any atom is -0.492 e. The Hall–Kier alpha value is -2.64. The fourth-order valence-corrected chi connectivity index (χ4v) is 3.80. The number of benzene rings is 2. The third-order valence-corrected chi connectivity index (χ3v) is 5.15. The average molecular weight is 443 g/mol. The van der Waals surface area contributed by atoms with Gasteiger partial charge in [0, 0.05) is 15.2 Å². The molecule has 0 saturated heterocycles. The molecule has 0 saturated carbocycles. The first kappa shape index (κ1) is 17.8. The third kappa shape index (κ3) is 3.74. The van der Waals surface area contributed by atoms with Crippen molar-refractivity contribution in [3.05, 3.63) is 68.8 Å². The van der Waals surface area contributed by atoms with E-state index in [0.29, 0.717) is 28.6 Å². The lowest BCUT2D eigenvalue weighted by Gasteiger charge is -2.09. The van der Waals surface area contributed by atoms with Gasteiger partial charge in [0.25, 0.3) is 0 Å². The van der Waals surface area contributed by atoms with Crippen LogP contribution in [0.25, 0.3) is 22.2 Å². The van der Waals surface area contributed by atoms with Crippen LogP contribution in [0.15, 0.2) is 67.6 Å². The lowest BCUT2D eigenvalue weighted by atomic mass is 10.1. The predicted octanol–water partition coefficient (Wildman–Crippen LogP) is 5.82. The standard InChI is InChI=1S/C20H15BrN2O3S/c1-2-25-18-6-4-3-5-15(18)22-20-23-16(11-27-20)14-10-12-9-13(21)7-8-17(12)26-19(14)24/h3-11H,2H2,1H3,(H,22,23). The molecule has 27 heavy (non-hydrogen) atoms. The van der Waals surface area contributed by atoms with E-state index >= 15 is 0 Å². The van der Waals surface area contributed by atoms with Gasteiger partial charge in [0.2, 0.25) is 0 Å². The van der Waals surface area contributed by atoms with Crippen LogP contribution >= 0.6 is 27.3 Å². The van der Waals surface area contributed by atoms with Crippen molar-refractivity contribution in [2.75, 3.05) is 11.9 Å². The molecule has 0 aliphatic heterocycles. The van der Waals surface area contributed by atoms with Gasteiger partial charge in [-0.05, 0) is 43.3 Å². The molecule has 0 radical (unpaired) electrons. The van der Waals surface area contributed by atoms with Crippen LogP contribution in [-0.4, -0.2) is 11.6 Å². The van der Waals surface area contributed by atoms with Crippen molar-refractivity contribution in [1.82, 2.24) is 4.98 Å². The Bertz CT molecular complexity index is 1170. The van der Waals surface area contributed by atoms with E-state index < -0.39 is 5.63 Å². The predicted molar refractivity (Wildman–Crippen MR) is 112 cm³/mol. The molecule has 5 nitrogen and oxygen atoms in total. The molecule has 2 heterocycles. The molecule has 1 N–H and O–H groups in total. The molecule has 0 aliphatic carbocycles. The SMILES string of the molecule is CCOc1ccccc1Nc1nc(-c2cc3cc(Br)ccc3oc2=O)cs1. The summed E-state index contributed by atoms with van der Waals surface area (Å²) in [5.41, 5.74) is 1.98. The maximum absolute atomic E-state index is 12.4. The van der Waals surface area contributed by atoms with Crippen LogP contribution in [0.1, 0.15) is 6.92 Å². The summed E-state index contributed by atoms with van der Waals surface area (Å²) in [6.45, 7) is 2.52. The maximum Gasteiger partial charge on any atom is 0.345 e. The number of halogens is 1. The van der Waals surface area contributed by atoms with Crippen LogP contribution < -0.4 is 15.7 Å². The second kappa shape index (κ2) is 7.54. The number of nitrogens with zero attached hydrogens (tertiary/aromatic N) is 1. The Morgan fingerprint density at radius 3 is 2.93 bits per heavy atom. The average Bonchev–Trinajstić information content (AvgIpc) is 3.11. The monoisotopic (exact) mass is 442 g/mol. The summed E-state index contributed by atoms with van der Waals surface area (Å²) in [4.78, 5) is 16.9. The molecular formula is C20H15BrN2O3S. The van der Waals surface area contributed by atoms with Crippen LogP contribution in [0.4, 0.5) is 10.8 Å². The number of thiazole rings is 1. The number of rotatable bonds is 5. The first-order valence-corrected chi connectivity index (χ1v) is 9.99. The highest BCUT2D eigenvalue weighted by Crippen LogP contribution is 2.31. The Balaban J connectivity index is 1.68. The normalized spacial score (nSPS) is 10.9. The highest BCUT2D eigenvalue weighted by atomic mass is 79.9. The van der Waals surface area contributed by atoms with Gasteiger partial charge in [-0.15, -0.1) is 11.3 Å². The number of hydrogen-bond acceptors (Lipinski definition) is 6. The van der Waals surface area contributed by atoms with Crippen LogP contribution in [0, 0.1) is 0 Å². The Labute approximate surface area is 167 Å². The molecule has 4 rings (SSSR count). The van der Waals surface area contributed by atoms with E-state index in [9.17, 15) is 4.79 Å². The molecule has 0 fully saturated rings. The van der Waals surface area contributed by atoms with E-state index in [1.54, 1.807) is 12.1 Å². The summed E-state index contributed by atoms with van der Waals surface area (Å²) in [7, 11) is 0. The third-order valence-electron chi connectivity index (χ3n) is 3.90. The molecule has 0 amide bonds. The molecule has 0 unspecified atom stereocenters. The minimum absolute atomic E-state index is 0.406. The van der Waals surface area contributed by atoms with Gasteiger partial charge < -0.3 is 14.5 Å². The van der Waals surface area contributed by atoms with Gasteiger partial charge in [0.1, 0.15) is 11.3 Å². The number of para-hydroxylation sites is 2. The summed E-state index contributed by atoms with van der Waals surface area (Å²) in [5, 5.41) is 6.60. The molecule has 4 aromatic rings. The Morgan fingerprint density at radius 2 is 2.07 bits per heavy atom. The molecule has 136 valence electrons. The first-order chi connectivity index (χ1) is 13.1. The van der Waals surface area contributed by atoms with Gasteiger partial charge in [-0.1, -0.05) is 28.1 Å². The summed E-state index contributed by atoms with van der Waals surface area (Å²) in [5.74, 6) is 0.756. The minimum atomic E-state index is -0.406. The summed E-state index contributed by atoms with van der Waals surface area (Å²) in [6.07, 6.45) is 0. The van der Waals surface area contributed by atoms with E-state index in [2.05, 4.69) is 26.2 Å². The van der Waals surface area contributed by atoms with Gasteiger partial charge in [0.05, 0.1) is 23.6 Å². The van der Waals surface area contributed by atoms with Crippen molar-refractivity contribution in [2.24, 2.45) is 0 Å². The highest BCUT2D eigenvalue weighted by Gasteiger charge is 2.13. The van der Waals surface area contributed by atoms with Gasteiger partial charge >= 0.3 is 5.63 Å². The van der Waals surface area contributed by atoms with Crippen molar-refractivity contribution in [1.29, 1.82) is 0 Å². The van der Waals surface area contributed by atoms with Crippen LogP contribution in [-0.2, 0) is 0 Å². The summed E-state index contributed by atoms with van der Waals surface area (Å²) < 4.78 is 12.0. The number of aromatic nitrogens is 1.